The van der Waals surface area contributed by atoms with E-state index in [1.165, 1.54) is 45.7 Å². The van der Waals surface area contributed by atoms with Gasteiger partial charge in [-0.05, 0) is 57.9 Å². The number of carbonyl (C=O) groups is 1. The van der Waals surface area contributed by atoms with E-state index in [0.717, 1.165) is 4.31 Å². The highest BCUT2D eigenvalue weighted by Crippen LogP contribution is 2.35. The van der Waals surface area contributed by atoms with Gasteiger partial charge in [0.25, 0.3) is 15.9 Å². The van der Waals surface area contributed by atoms with E-state index in [9.17, 15) is 13.2 Å². The van der Waals surface area contributed by atoms with E-state index in [4.69, 9.17) is 14.2 Å². The van der Waals surface area contributed by atoms with Gasteiger partial charge in [-0.15, -0.1) is 0 Å². The SMILES string of the molecule is COc1cccc(N(CC(=O)N/N=C\c2cc(Br)c(OC)c(OC)c2)S(=O)(=O)c2ccccc2)c1. The molecule has 3 rings (SSSR count). The van der Waals surface area contributed by atoms with E-state index in [-0.39, 0.29) is 10.6 Å². The highest BCUT2D eigenvalue weighted by Gasteiger charge is 2.27. The molecule has 35 heavy (non-hydrogen) atoms. The number of hydrogen-bond acceptors (Lipinski definition) is 7. The zero-order chi connectivity index (χ0) is 25.4. The highest BCUT2D eigenvalue weighted by atomic mass is 79.9. The van der Waals surface area contributed by atoms with Crippen molar-refractivity contribution in [2.24, 2.45) is 5.10 Å². The van der Waals surface area contributed by atoms with E-state index in [2.05, 4.69) is 26.5 Å². The monoisotopic (exact) mass is 561 g/mol. The minimum atomic E-state index is -4.05. The van der Waals surface area contributed by atoms with Crippen molar-refractivity contribution in [3.8, 4) is 17.2 Å². The fourth-order valence-corrected chi connectivity index (χ4v) is 5.21. The number of carbonyl (C=O) groups excluding carboxylic acids is 1. The van der Waals surface area contributed by atoms with Crippen molar-refractivity contribution in [2.45, 2.75) is 4.90 Å². The van der Waals surface area contributed by atoms with Crippen molar-refractivity contribution in [2.75, 3.05) is 32.2 Å². The molecule has 0 fully saturated rings. The fraction of sp³-hybridized carbons (Fsp3) is 0.167. The molecule has 3 aromatic rings. The van der Waals surface area contributed by atoms with Gasteiger partial charge in [-0.1, -0.05) is 24.3 Å². The second kappa shape index (κ2) is 11.7. The number of amides is 1. The standard InChI is InChI=1S/C24H24BrN3O6S/c1-32-19-9-7-8-18(14-19)28(35(30,31)20-10-5-4-6-11-20)16-23(29)27-26-15-17-12-21(25)24(34-3)22(13-17)33-2/h4-15H,16H2,1-3H3,(H,27,29)/b26-15-. The first-order valence-corrected chi connectivity index (χ1v) is 12.5. The summed E-state index contributed by atoms with van der Waals surface area (Å²) in [7, 11) is 0.459. The number of rotatable bonds is 10. The third-order valence-corrected chi connectivity index (χ3v) is 7.20. The molecule has 0 spiro atoms. The largest absolute Gasteiger partial charge is 0.497 e. The molecule has 0 heterocycles. The summed E-state index contributed by atoms with van der Waals surface area (Å²) in [6.45, 7) is -0.503. The predicted molar refractivity (Wildman–Crippen MR) is 137 cm³/mol. The van der Waals surface area contributed by atoms with Gasteiger partial charge < -0.3 is 14.2 Å². The maximum absolute atomic E-state index is 13.4. The summed E-state index contributed by atoms with van der Waals surface area (Å²) < 4.78 is 44.2. The minimum Gasteiger partial charge on any atom is -0.497 e. The zero-order valence-electron chi connectivity index (χ0n) is 19.3. The molecule has 1 amide bonds. The van der Waals surface area contributed by atoms with Crippen molar-refractivity contribution < 1.29 is 27.4 Å². The van der Waals surface area contributed by atoms with Crippen LogP contribution in [0.3, 0.4) is 0 Å². The smallest absolute Gasteiger partial charge is 0.264 e. The minimum absolute atomic E-state index is 0.0503. The highest BCUT2D eigenvalue weighted by molar-refractivity contribution is 9.10. The number of nitrogens with one attached hydrogen (secondary N) is 1. The number of anilines is 1. The van der Waals surface area contributed by atoms with Gasteiger partial charge >= 0.3 is 0 Å². The summed E-state index contributed by atoms with van der Waals surface area (Å²) in [5.74, 6) is 0.817. The van der Waals surface area contributed by atoms with Crippen LogP contribution in [0.4, 0.5) is 5.69 Å². The Balaban J connectivity index is 1.84. The first-order chi connectivity index (χ1) is 16.8. The van der Waals surface area contributed by atoms with Crippen LogP contribution in [0.2, 0.25) is 0 Å². The van der Waals surface area contributed by atoms with Gasteiger partial charge in [-0.25, -0.2) is 13.8 Å². The second-order valence-electron chi connectivity index (χ2n) is 7.06. The number of methoxy groups -OCH3 is 3. The molecule has 11 heteroatoms. The normalized spacial score (nSPS) is 11.2. The van der Waals surface area contributed by atoms with Gasteiger partial charge in [0.15, 0.2) is 11.5 Å². The average molecular weight is 562 g/mol. The molecule has 1 N–H and O–H groups in total. The van der Waals surface area contributed by atoms with E-state index >= 15 is 0 Å². The molecule has 0 bridgehead atoms. The van der Waals surface area contributed by atoms with E-state index in [0.29, 0.717) is 27.3 Å². The summed E-state index contributed by atoms with van der Waals surface area (Å²) in [5.41, 5.74) is 3.27. The topological polar surface area (TPSA) is 107 Å². The van der Waals surface area contributed by atoms with Crippen LogP contribution >= 0.6 is 15.9 Å². The summed E-state index contributed by atoms with van der Waals surface area (Å²) >= 11 is 3.40. The lowest BCUT2D eigenvalue weighted by Gasteiger charge is -2.24. The van der Waals surface area contributed by atoms with Crippen molar-refractivity contribution >= 4 is 43.8 Å². The predicted octanol–water partition coefficient (Wildman–Crippen LogP) is 3.82. The molecule has 0 aliphatic rings. The number of sulfonamides is 1. The number of ether oxygens (including phenoxy) is 3. The number of benzene rings is 3. The Morgan fingerprint density at radius 3 is 2.40 bits per heavy atom. The van der Waals surface area contributed by atoms with Crippen LogP contribution in [0.5, 0.6) is 17.2 Å². The average Bonchev–Trinajstić information content (AvgIpc) is 2.87. The van der Waals surface area contributed by atoms with Gasteiger partial charge in [-0.2, -0.15) is 5.10 Å². The molecule has 0 unspecified atom stereocenters. The number of hydrogen-bond donors (Lipinski definition) is 1. The number of hydrazone groups is 1. The van der Waals surface area contributed by atoms with Crippen LogP contribution in [0.1, 0.15) is 5.56 Å². The van der Waals surface area contributed by atoms with Crippen LogP contribution < -0.4 is 23.9 Å². The Kier molecular flexibility index (Phi) is 8.72. The molecule has 0 radical (unpaired) electrons. The summed E-state index contributed by atoms with van der Waals surface area (Å²) in [6, 6.07) is 17.7. The first kappa shape index (κ1) is 26.0. The lowest BCUT2D eigenvalue weighted by atomic mass is 10.2. The first-order valence-electron chi connectivity index (χ1n) is 10.3. The number of halogens is 1. The van der Waals surface area contributed by atoms with Crippen molar-refractivity contribution in [3.05, 3.63) is 76.8 Å². The lowest BCUT2D eigenvalue weighted by Crippen LogP contribution is -2.39. The van der Waals surface area contributed by atoms with Crippen molar-refractivity contribution in [1.82, 2.24) is 5.43 Å². The van der Waals surface area contributed by atoms with Crippen LogP contribution in [0.15, 0.2) is 81.2 Å². The fourth-order valence-electron chi connectivity index (χ4n) is 3.16. The van der Waals surface area contributed by atoms with Gasteiger partial charge in [0.05, 0.1) is 42.6 Å². The second-order valence-corrected chi connectivity index (χ2v) is 9.77. The zero-order valence-corrected chi connectivity index (χ0v) is 21.7. The Labute approximate surface area is 212 Å². The number of nitrogens with zero attached hydrogens (tertiary/aromatic N) is 2. The van der Waals surface area contributed by atoms with Gasteiger partial charge in [0, 0.05) is 6.07 Å². The van der Waals surface area contributed by atoms with Crippen molar-refractivity contribution in [3.63, 3.8) is 0 Å². The van der Waals surface area contributed by atoms with Crippen LogP contribution in [-0.2, 0) is 14.8 Å². The lowest BCUT2D eigenvalue weighted by molar-refractivity contribution is -0.119. The molecular weight excluding hydrogens is 538 g/mol. The van der Waals surface area contributed by atoms with Crippen molar-refractivity contribution in [1.29, 1.82) is 0 Å². The van der Waals surface area contributed by atoms with Gasteiger partial charge in [-0.3, -0.25) is 9.10 Å². The Morgan fingerprint density at radius 2 is 1.74 bits per heavy atom. The molecule has 184 valence electrons. The maximum Gasteiger partial charge on any atom is 0.264 e. The Bertz CT molecular complexity index is 1320. The third kappa shape index (κ3) is 6.31. The quantitative estimate of drug-likeness (QED) is 0.298. The van der Waals surface area contributed by atoms with Gasteiger partial charge in [0.1, 0.15) is 12.3 Å². The summed E-state index contributed by atoms with van der Waals surface area (Å²) in [6.07, 6.45) is 1.41. The van der Waals surface area contributed by atoms with Crippen LogP contribution in [0.25, 0.3) is 0 Å². The molecule has 9 nitrogen and oxygen atoms in total. The van der Waals surface area contributed by atoms with E-state index in [1.54, 1.807) is 48.5 Å². The summed E-state index contributed by atoms with van der Waals surface area (Å²) in [4.78, 5) is 12.8. The molecule has 0 atom stereocenters. The van der Waals surface area contributed by atoms with Gasteiger partial charge in [0.2, 0.25) is 0 Å². The molecule has 3 aromatic carbocycles. The molecule has 0 aromatic heterocycles. The molecule has 0 aliphatic carbocycles. The van der Waals surface area contributed by atoms with Crippen LogP contribution in [-0.4, -0.2) is 48.4 Å². The molecule has 0 saturated carbocycles. The molecule has 0 saturated heterocycles. The Hall–Kier alpha value is -3.57. The third-order valence-electron chi connectivity index (χ3n) is 4.82. The molecule has 0 aliphatic heterocycles. The van der Waals surface area contributed by atoms with E-state index in [1.807, 2.05) is 0 Å². The summed E-state index contributed by atoms with van der Waals surface area (Å²) in [5, 5.41) is 3.96. The Morgan fingerprint density at radius 1 is 1.00 bits per heavy atom. The van der Waals surface area contributed by atoms with E-state index < -0.39 is 22.5 Å². The maximum atomic E-state index is 13.4. The molecular formula is C24H24BrN3O6S. The van der Waals surface area contributed by atoms with Crippen LogP contribution in [0, 0.1) is 0 Å².